The molecule has 7 heteroatoms. The minimum Gasteiger partial charge on any atom is -0.481 e. The van der Waals surface area contributed by atoms with Gasteiger partial charge in [0, 0.05) is 19.7 Å². The van der Waals surface area contributed by atoms with E-state index in [9.17, 15) is 0 Å². The van der Waals surface area contributed by atoms with Crippen molar-refractivity contribution in [3.63, 3.8) is 0 Å². The quantitative estimate of drug-likeness (QED) is 0.399. The van der Waals surface area contributed by atoms with Gasteiger partial charge in [0.05, 0.1) is 32.5 Å². The fourth-order valence-electron chi connectivity index (χ4n) is 3.39. The summed E-state index contributed by atoms with van der Waals surface area (Å²) in [5.74, 6) is 1.48. The number of benzene rings is 1. The first kappa shape index (κ1) is 22.4. The van der Waals surface area contributed by atoms with Gasteiger partial charge in [-0.05, 0) is 31.0 Å². The lowest BCUT2D eigenvalue weighted by Crippen LogP contribution is -2.48. The van der Waals surface area contributed by atoms with Crippen LogP contribution >= 0.6 is 24.0 Å². The molecule has 1 aromatic heterocycles. The van der Waals surface area contributed by atoms with Gasteiger partial charge >= 0.3 is 0 Å². The van der Waals surface area contributed by atoms with Crippen LogP contribution in [0.1, 0.15) is 28.5 Å². The third-order valence-electron chi connectivity index (χ3n) is 4.77. The lowest BCUT2D eigenvalue weighted by molar-refractivity contribution is -0.00835. The Hall–Kier alpha value is -1.87. The van der Waals surface area contributed by atoms with E-state index < -0.39 is 0 Å². The highest BCUT2D eigenvalue weighted by molar-refractivity contribution is 14.0. The molecule has 2 aromatic rings. The molecule has 1 aliphatic heterocycles. The van der Waals surface area contributed by atoms with E-state index in [2.05, 4.69) is 52.2 Å². The molecule has 2 heterocycles. The number of aryl methyl sites for hydroxylation is 2. The molecule has 1 aliphatic rings. The topological polar surface area (TPSA) is 59.0 Å². The van der Waals surface area contributed by atoms with E-state index in [1.807, 2.05) is 25.2 Å². The van der Waals surface area contributed by atoms with E-state index in [1.54, 1.807) is 7.11 Å². The van der Waals surface area contributed by atoms with Crippen molar-refractivity contribution < 1.29 is 9.47 Å². The van der Waals surface area contributed by atoms with Crippen molar-refractivity contribution in [3.05, 3.63) is 58.8 Å². The third kappa shape index (κ3) is 5.57. The number of guanidine groups is 1. The lowest BCUT2D eigenvalue weighted by atomic mass is 10.00. The predicted molar refractivity (Wildman–Crippen MR) is 123 cm³/mol. The zero-order valence-corrected chi connectivity index (χ0v) is 19.3. The van der Waals surface area contributed by atoms with Crippen LogP contribution in [0.25, 0.3) is 0 Å². The fourth-order valence-corrected chi connectivity index (χ4v) is 3.39. The first-order valence-corrected chi connectivity index (χ1v) is 9.25. The highest BCUT2D eigenvalue weighted by Crippen LogP contribution is 2.26. The van der Waals surface area contributed by atoms with Crippen molar-refractivity contribution in [2.45, 2.75) is 26.5 Å². The summed E-state index contributed by atoms with van der Waals surface area (Å²) in [7, 11) is 3.43. The van der Waals surface area contributed by atoms with E-state index in [0.29, 0.717) is 19.0 Å². The normalized spacial score (nSPS) is 17.1. The second-order valence-corrected chi connectivity index (χ2v) is 6.74. The van der Waals surface area contributed by atoms with E-state index >= 15 is 0 Å². The molecule has 1 N–H and O–H groups in total. The summed E-state index contributed by atoms with van der Waals surface area (Å²) in [6.45, 7) is 7.11. The number of methoxy groups -OCH3 is 1. The van der Waals surface area contributed by atoms with Crippen LogP contribution in [0.4, 0.5) is 0 Å². The number of pyridine rings is 1. The molecule has 0 saturated carbocycles. The molecule has 1 unspecified atom stereocenters. The largest absolute Gasteiger partial charge is 0.481 e. The van der Waals surface area contributed by atoms with Crippen molar-refractivity contribution in [2.75, 3.05) is 33.9 Å². The molecule has 152 valence electrons. The molecule has 1 atom stereocenters. The monoisotopic (exact) mass is 496 g/mol. The van der Waals surface area contributed by atoms with Gasteiger partial charge in [-0.3, -0.25) is 4.99 Å². The third-order valence-corrected chi connectivity index (χ3v) is 4.77. The number of morpholine rings is 1. The summed E-state index contributed by atoms with van der Waals surface area (Å²) in [6, 6.07) is 12.3. The average Bonchev–Trinajstić information content (AvgIpc) is 2.69. The smallest absolute Gasteiger partial charge is 0.213 e. The zero-order valence-electron chi connectivity index (χ0n) is 16.9. The Morgan fingerprint density at radius 2 is 2.14 bits per heavy atom. The van der Waals surface area contributed by atoms with Crippen LogP contribution in [-0.4, -0.2) is 49.7 Å². The molecule has 28 heavy (non-hydrogen) atoms. The molecule has 6 nitrogen and oxygen atoms in total. The molecule has 0 radical (unpaired) electrons. The van der Waals surface area contributed by atoms with E-state index in [1.165, 1.54) is 16.7 Å². The van der Waals surface area contributed by atoms with Gasteiger partial charge in [0.1, 0.15) is 6.10 Å². The highest BCUT2D eigenvalue weighted by Gasteiger charge is 2.25. The first-order chi connectivity index (χ1) is 13.1. The van der Waals surface area contributed by atoms with Crippen LogP contribution in [0.2, 0.25) is 0 Å². The fraction of sp³-hybridized carbons (Fsp3) is 0.429. The summed E-state index contributed by atoms with van der Waals surface area (Å²) in [4.78, 5) is 11.1. The van der Waals surface area contributed by atoms with E-state index in [0.717, 1.165) is 24.7 Å². The molecular formula is C21H29IN4O2. The van der Waals surface area contributed by atoms with Gasteiger partial charge in [0.2, 0.25) is 5.88 Å². The van der Waals surface area contributed by atoms with Crippen LogP contribution < -0.4 is 10.1 Å². The molecule has 0 bridgehead atoms. The first-order valence-electron chi connectivity index (χ1n) is 9.25. The van der Waals surface area contributed by atoms with Crippen LogP contribution in [0.5, 0.6) is 5.88 Å². The van der Waals surface area contributed by atoms with Gasteiger partial charge in [-0.25, -0.2) is 4.98 Å². The van der Waals surface area contributed by atoms with Gasteiger partial charge in [0.25, 0.3) is 0 Å². The average molecular weight is 496 g/mol. The van der Waals surface area contributed by atoms with Gasteiger partial charge in [-0.15, -0.1) is 24.0 Å². The van der Waals surface area contributed by atoms with Crippen LogP contribution in [-0.2, 0) is 11.3 Å². The Morgan fingerprint density at radius 3 is 2.86 bits per heavy atom. The van der Waals surface area contributed by atoms with E-state index in [4.69, 9.17) is 9.47 Å². The number of ether oxygens (including phenoxy) is 2. The maximum Gasteiger partial charge on any atom is 0.213 e. The number of halogens is 1. The second-order valence-electron chi connectivity index (χ2n) is 6.74. The van der Waals surface area contributed by atoms with Crippen LogP contribution in [0.15, 0.2) is 41.4 Å². The lowest BCUT2D eigenvalue weighted by Gasteiger charge is -2.35. The van der Waals surface area contributed by atoms with Gasteiger partial charge in [-0.2, -0.15) is 0 Å². The second kappa shape index (κ2) is 10.6. The number of hydrogen-bond acceptors (Lipinski definition) is 4. The number of nitrogens with zero attached hydrogens (tertiary/aromatic N) is 3. The van der Waals surface area contributed by atoms with Crippen molar-refractivity contribution in [1.29, 1.82) is 0 Å². The molecule has 1 aromatic carbocycles. The molecule has 3 rings (SSSR count). The summed E-state index contributed by atoms with van der Waals surface area (Å²) in [5, 5.41) is 3.40. The standard InChI is InChI=1S/C21H28N4O2.HI/c1-15-8-9-18(16(2)12-15)19-14-25(10-11-27-19)21(22-3)23-13-17-6-5-7-20(24-17)26-4;/h5-9,12,19H,10-11,13-14H2,1-4H3,(H,22,23);1H. The number of hydrogen-bond donors (Lipinski definition) is 1. The van der Waals surface area contributed by atoms with Crippen molar-refractivity contribution in [2.24, 2.45) is 4.99 Å². The number of aliphatic imine (C=N–C) groups is 1. The summed E-state index contributed by atoms with van der Waals surface area (Å²) in [5.41, 5.74) is 4.70. The van der Waals surface area contributed by atoms with Gasteiger partial charge in [-0.1, -0.05) is 29.8 Å². The highest BCUT2D eigenvalue weighted by atomic mass is 127. The van der Waals surface area contributed by atoms with Crippen LogP contribution in [0.3, 0.4) is 0 Å². The summed E-state index contributed by atoms with van der Waals surface area (Å²) in [6.07, 6.45) is 0.0489. The van der Waals surface area contributed by atoms with Crippen molar-refractivity contribution in [1.82, 2.24) is 15.2 Å². The Morgan fingerprint density at radius 1 is 1.32 bits per heavy atom. The van der Waals surface area contributed by atoms with Crippen molar-refractivity contribution in [3.8, 4) is 5.88 Å². The Bertz CT molecular complexity index is 813. The number of nitrogens with one attached hydrogen (secondary N) is 1. The minimum atomic E-state index is 0. The Balaban J connectivity index is 0.00000280. The van der Waals surface area contributed by atoms with Gasteiger partial charge in [0.15, 0.2) is 5.96 Å². The number of aromatic nitrogens is 1. The molecule has 0 spiro atoms. The van der Waals surface area contributed by atoms with Crippen LogP contribution in [0, 0.1) is 13.8 Å². The SMILES string of the molecule is CN=C(NCc1cccc(OC)n1)N1CCOC(c2ccc(C)cc2C)C1.I. The van der Waals surface area contributed by atoms with E-state index in [-0.39, 0.29) is 30.1 Å². The molecular weight excluding hydrogens is 467 g/mol. The molecule has 1 fully saturated rings. The molecule has 1 saturated heterocycles. The van der Waals surface area contributed by atoms with Gasteiger partial charge < -0.3 is 19.7 Å². The Kier molecular flexibility index (Phi) is 8.50. The molecule has 0 aliphatic carbocycles. The van der Waals surface area contributed by atoms with Crippen molar-refractivity contribution >= 4 is 29.9 Å². The predicted octanol–water partition coefficient (Wildman–Crippen LogP) is 3.47. The summed E-state index contributed by atoms with van der Waals surface area (Å²) < 4.78 is 11.2. The molecule has 0 amide bonds. The maximum absolute atomic E-state index is 6.05. The zero-order chi connectivity index (χ0) is 19.2. The summed E-state index contributed by atoms with van der Waals surface area (Å²) >= 11 is 0. The Labute approximate surface area is 184 Å². The maximum atomic E-state index is 6.05. The number of rotatable bonds is 4. The minimum absolute atomic E-state index is 0.